The average Bonchev–Trinajstić information content (AvgIpc) is 2.66. The van der Waals surface area contributed by atoms with E-state index in [4.69, 9.17) is 5.11 Å². The summed E-state index contributed by atoms with van der Waals surface area (Å²) in [5, 5.41) is 25.3. The van der Waals surface area contributed by atoms with Crippen LogP contribution in [0.4, 0.5) is 0 Å². The van der Waals surface area contributed by atoms with E-state index < -0.39 is 31.9 Å². The van der Waals surface area contributed by atoms with Gasteiger partial charge in [0.25, 0.3) is 0 Å². The molecule has 27 heavy (non-hydrogen) atoms. The molecule has 0 heterocycles. The quantitative estimate of drug-likeness (QED) is 0.223. The summed E-state index contributed by atoms with van der Waals surface area (Å²) in [7, 11) is -3.58. The van der Waals surface area contributed by atoms with E-state index in [-0.39, 0.29) is 6.42 Å². The van der Waals surface area contributed by atoms with Crippen molar-refractivity contribution in [1.29, 1.82) is 0 Å². The first-order valence-corrected chi connectivity index (χ1v) is 11.8. The van der Waals surface area contributed by atoms with Crippen molar-refractivity contribution in [3.63, 3.8) is 0 Å². The molecule has 0 aromatic rings. The normalized spacial score (nSPS) is 15.4. The average molecular weight is 406 g/mol. The molecule has 0 saturated carbocycles. The number of Topliss-reactive ketones (excluding diaryl/α,β-unsaturated/α-hetero) is 1. The monoisotopic (exact) mass is 406 g/mol. The minimum atomic E-state index is -3.58. The molecule has 0 bridgehead atoms. The van der Waals surface area contributed by atoms with E-state index in [0.29, 0.717) is 6.42 Å². The molecule has 3 unspecified atom stereocenters. The van der Waals surface area contributed by atoms with E-state index in [9.17, 15) is 24.5 Å². The molecule has 160 valence electrons. The molecule has 0 radical (unpaired) electrons. The molecule has 0 saturated heterocycles. The van der Waals surface area contributed by atoms with Crippen LogP contribution in [0, 0.1) is 0 Å². The maximum absolute atomic E-state index is 11.9. The number of aliphatic hydroxyl groups is 3. The third-order valence-corrected chi connectivity index (χ3v) is 6.19. The van der Waals surface area contributed by atoms with Crippen LogP contribution in [0.1, 0.15) is 103 Å². The molecule has 6 nitrogen and oxygen atoms in total. The Hall–Kier alpha value is -0.390. The zero-order valence-electron chi connectivity index (χ0n) is 16.9. The summed E-state index contributed by atoms with van der Waals surface area (Å²) in [5.41, 5.74) is 0. The lowest BCUT2D eigenvalue weighted by Crippen LogP contribution is -2.50. The van der Waals surface area contributed by atoms with Gasteiger partial charge in [-0.3, -0.25) is 4.79 Å². The number of hydrogen-bond acceptors (Lipinski definition) is 6. The van der Waals surface area contributed by atoms with E-state index in [1.807, 2.05) is 0 Å². The molecule has 7 heteroatoms. The summed E-state index contributed by atoms with van der Waals surface area (Å²) in [4.78, 5) is 23.0. The Morgan fingerprint density at radius 1 is 0.889 bits per heavy atom. The van der Waals surface area contributed by atoms with Gasteiger partial charge in [0, 0.05) is 6.42 Å². The Bertz CT molecular complexity index is 404. The van der Waals surface area contributed by atoms with Crippen molar-refractivity contribution >= 4 is 13.8 Å². The number of hydrogen-bond donors (Lipinski definition) is 3. The van der Waals surface area contributed by atoms with Crippen LogP contribution in [0.3, 0.4) is 0 Å². The second kappa shape index (κ2) is 16.6. The third-order valence-electron chi connectivity index (χ3n) is 5.08. The van der Waals surface area contributed by atoms with E-state index in [2.05, 4.69) is 6.92 Å². The predicted octanol–water partition coefficient (Wildman–Crippen LogP) is 3.57. The minimum absolute atomic E-state index is 0.116. The summed E-state index contributed by atoms with van der Waals surface area (Å²) in [6.45, 7) is 1.25. The van der Waals surface area contributed by atoms with Gasteiger partial charge in [-0.15, -0.1) is 0 Å². The van der Waals surface area contributed by atoms with Crippen molar-refractivity contribution in [3.8, 4) is 0 Å². The fraction of sp³-hybridized carbons (Fsp3) is 0.950. The van der Waals surface area contributed by atoms with E-state index in [1.165, 1.54) is 64.2 Å². The smallest absolute Gasteiger partial charge is 0.355 e. The van der Waals surface area contributed by atoms with Crippen LogP contribution in [0.5, 0.6) is 0 Å². The predicted molar refractivity (Wildman–Crippen MR) is 106 cm³/mol. The van der Waals surface area contributed by atoms with Gasteiger partial charge in [0.2, 0.25) is 5.78 Å². The first-order valence-electron chi connectivity index (χ1n) is 10.6. The van der Waals surface area contributed by atoms with Gasteiger partial charge in [-0.05, 0) is 6.42 Å². The Kier molecular flexibility index (Phi) is 16.3. The number of aliphatic hydroxyl groups excluding tert-OH is 2. The van der Waals surface area contributed by atoms with Crippen LogP contribution in [-0.2, 0) is 9.36 Å². The van der Waals surface area contributed by atoms with Crippen molar-refractivity contribution in [1.82, 2.24) is 0 Å². The lowest BCUT2D eigenvalue weighted by atomic mass is 10.0. The fourth-order valence-electron chi connectivity index (χ4n) is 3.20. The maximum Gasteiger partial charge on any atom is 0.355 e. The second-order valence-electron chi connectivity index (χ2n) is 7.45. The van der Waals surface area contributed by atoms with Gasteiger partial charge in [-0.2, -0.15) is 0 Å². The molecular formula is C20H39O6P. The molecule has 0 spiro atoms. The van der Waals surface area contributed by atoms with Gasteiger partial charge < -0.3 is 20.2 Å². The van der Waals surface area contributed by atoms with Gasteiger partial charge in [0.05, 0.1) is 6.61 Å². The van der Waals surface area contributed by atoms with Crippen LogP contribution in [0.15, 0.2) is 0 Å². The molecule has 3 N–H and O–H groups in total. The first-order chi connectivity index (χ1) is 12.9. The summed E-state index contributed by atoms with van der Waals surface area (Å²) >= 11 is 0. The van der Waals surface area contributed by atoms with Gasteiger partial charge in [-0.1, -0.05) is 95.0 Å². The molecule has 0 aliphatic rings. The van der Waals surface area contributed by atoms with E-state index >= 15 is 0 Å². The van der Waals surface area contributed by atoms with Crippen LogP contribution in [0.25, 0.3) is 0 Å². The molecule has 0 rings (SSSR count). The summed E-state index contributed by atoms with van der Waals surface area (Å²) in [5.74, 6) is -0.945. The van der Waals surface area contributed by atoms with Crippen molar-refractivity contribution < 1.29 is 29.6 Å². The Morgan fingerprint density at radius 2 is 1.26 bits per heavy atom. The highest BCUT2D eigenvalue weighted by molar-refractivity contribution is 7.39. The highest BCUT2D eigenvalue weighted by Gasteiger charge is 2.54. The number of carbonyl (C=O) groups excluding carboxylic acids is 1. The molecule has 0 aliphatic carbocycles. The van der Waals surface area contributed by atoms with Crippen molar-refractivity contribution in [2.75, 3.05) is 6.61 Å². The van der Waals surface area contributed by atoms with Crippen molar-refractivity contribution in [2.24, 2.45) is 0 Å². The Labute approximate surface area is 165 Å². The van der Waals surface area contributed by atoms with Gasteiger partial charge in [0.1, 0.15) is 0 Å². The van der Waals surface area contributed by atoms with Gasteiger partial charge in [-0.25, -0.2) is 0 Å². The van der Waals surface area contributed by atoms with Crippen LogP contribution >= 0.6 is 8.03 Å². The van der Waals surface area contributed by atoms with E-state index in [0.717, 1.165) is 19.3 Å². The SMILES string of the molecule is CCCCCCCCCCCCCCCCC(=O)C(O)(C(O)CO)[P+](=O)[O-]. The zero-order chi connectivity index (χ0) is 20.5. The second-order valence-corrected chi connectivity index (χ2v) is 8.65. The number of carbonyl (C=O) groups is 1. The molecule has 3 atom stereocenters. The lowest BCUT2D eigenvalue weighted by Gasteiger charge is -2.21. The van der Waals surface area contributed by atoms with Gasteiger partial charge >= 0.3 is 13.4 Å². The lowest BCUT2D eigenvalue weighted by molar-refractivity contribution is -0.190. The van der Waals surface area contributed by atoms with Gasteiger partial charge in [0.15, 0.2) is 6.10 Å². The minimum Gasteiger partial charge on any atom is -0.593 e. The highest BCUT2D eigenvalue weighted by atomic mass is 31.1. The molecule has 0 aromatic heterocycles. The maximum atomic E-state index is 11.9. The number of unbranched alkanes of at least 4 members (excludes halogenated alkanes) is 13. The fourth-order valence-corrected chi connectivity index (χ4v) is 3.84. The highest BCUT2D eigenvalue weighted by Crippen LogP contribution is 2.35. The van der Waals surface area contributed by atoms with E-state index in [1.54, 1.807) is 0 Å². The summed E-state index contributed by atoms with van der Waals surface area (Å²) in [6.07, 6.45) is 14.2. The number of ketones is 1. The van der Waals surface area contributed by atoms with Crippen molar-refractivity contribution in [3.05, 3.63) is 0 Å². The topological polar surface area (TPSA) is 118 Å². The zero-order valence-corrected chi connectivity index (χ0v) is 17.8. The molecule has 0 aromatic carbocycles. The molecular weight excluding hydrogens is 367 g/mol. The largest absolute Gasteiger partial charge is 0.593 e. The molecule has 0 amide bonds. The molecule has 0 aliphatic heterocycles. The van der Waals surface area contributed by atoms with Crippen LogP contribution in [0.2, 0.25) is 0 Å². The summed E-state index contributed by atoms with van der Waals surface area (Å²) < 4.78 is 11.1. The number of rotatable bonds is 19. The van der Waals surface area contributed by atoms with Crippen molar-refractivity contribution in [2.45, 2.75) is 115 Å². The van der Waals surface area contributed by atoms with Crippen LogP contribution in [-0.4, -0.2) is 39.2 Å². The third kappa shape index (κ3) is 11.3. The Balaban J connectivity index is 3.63. The molecule has 0 fully saturated rings. The first kappa shape index (κ1) is 26.6. The van der Waals surface area contributed by atoms with Crippen LogP contribution < -0.4 is 4.89 Å². The Morgan fingerprint density at radius 3 is 1.59 bits per heavy atom. The summed E-state index contributed by atoms with van der Waals surface area (Å²) in [6, 6.07) is 0. The standard InChI is InChI=1S/C20H39O6P/c1-2-3-4-5-6-7-8-9-10-11-12-13-14-15-16-18(22)20(24,27(25)26)19(23)17-21/h19,21,23-24H,2-17H2,1H3.